The second-order valence-corrected chi connectivity index (χ2v) is 12.4. The Kier molecular flexibility index (Phi) is 62.6. The Morgan fingerprint density at radius 2 is 0.435 bits per heavy atom. The summed E-state index contributed by atoms with van der Waals surface area (Å²) in [5.74, 6) is -1.81. The van der Waals surface area contributed by atoms with Crippen molar-refractivity contribution >= 4 is 72.7 Å². The third-order valence-electron chi connectivity index (χ3n) is 7.97. The van der Waals surface area contributed by atoms with Crippen LogP contribution in [0.4, 0.5) is 4.79 Å². The molecule has 0 spiro atoms. The summed E-state index contributed by atoms with van der Waals surface area (Å²) in [7, 11) is 0. The van der Waals surface area contributed by atoms with E-state index in [-0.39, 0.29) is 67.4 Å². The van der Waals surface area contributed by atoms with Gasteiger partial charge in [0, 0.05) is 11.9 Å². The van der Waals surface area contributed by atoms with E-state index in [1.165, 1.54) is 167 Å². The average Bonchev–Trinajstić information content (AvgIpc) is 2.97. The Morgan fingerprint density at radius 1 is 0.304 bits per heavy atom. The van der Waals surface area contributed by atoms with Crippen LogP contribution in [0, 0.1) is 0 Å². The Bertz CT molecular complexity index is 544. The fourth-order valence-electron chi connectivity index (χ4n) is 5.28. The predicted octanol–water partition coefficient (Wildman–Crippen LogP) is 6.79. The van der Waals surface area contributed by atoms with Crippen molar-refractivity contribution < 1.29 is 34.8 Å². The first-order chi connectivity index (χ1) is 21.3. The van der Waals surface area contributed by atoms with Crippen molar-refractivity contribution in [2.45, 2.75) is 219 Å². The number of hydrogen-bond acceptors (Lipinski definition) is 7. The summed E-state index contributed by atoms with van der Waals surface area (Å²) in [5.41, 5.74) is 0. The fourth-order valence-corrected chi connectivity index (χ4v) is 5.28. The Labute approximate surface area is 324 Å². The second kappa shape index (κ2) is 51.9. The zero-order valence-corrected chi connectivity index (χ0v) is 37.8. The number of aliphatic carboxylic acids is 2. The Balaban J connectivity index is -0.000000210. The van der Waals surface area contributed by atoms with Gasteiger partial charge in [-0.2, -0.15) is 0 Å². The van der Waals surface area contributed by atoms with Crippen LogP contribution >= 0.6 is 0 Å². The van der Waals surface area contributed by atoms with Gasteiger partial charge >= 0.3 is 54.6 Å². The first-order valence-electron chi connectivity index (χ1n) is 18.6. The summed E-state index contributed by atoms with van der Waals surface area (Å²) in [5, 5.41) is 37.1. The quantitative estimate of drug-likeness (QED) is 0.0534. The molecule has 0 saturated carbocycles. The molecule has 0 aliphatic carbocycles. The summed E-state index contributed by atoms with van der Waals surface area (Å²) >= 11 is 0. The fraction of sp³-hybridized carbons (Fsp3) is 0.919. The molecule has 7 nitrogen and oxygen atoms in total. The molecule has 4 radical (unpaired) electrons. The Morgan fingerprint density at radius 3 is 0.565 bits per heavy atom. The van der Waals surface area contributed by atoms with Crippen molar-refractivity contribution in [2.75, 3.05) is 0 Å². The van der Waals surface area contributed by atoms with Gasteiger partial charge in [0.15, 0.2) is 0 Å². The summed E-state index contributed by atoms with van der Waals surface area (Å²) in [6.07, 6.45) is 37.4. The van der Waals surface area contributed by atoms with Crippen LogP contribution in [0.25, 0.3) is 0 Å². The molecule has 0 amide bonds. The van der Waals surface area contributed by atoms with Gasteiger partial charge in [-0.05, 0) is 31.8 Å². The number of carbonyl (C=O) groups is 3. The van der Waals surface area contributed by atoms with Gasteiger partial charge < -0.3 is 34.8 Å². The number of hydrogen-bond donors (Lipinski definition) is 0. The van der Waals surface area contributed by atoms with Crippen LogP contribution in [0.1, 0.15) is 219 Å². The van der Waals surface area contributed by atoms with E-state index in [4.69, 9.17) is 15.0 Å². The molecule has 9 heteroatoms. The average molecular weight is 1040 g/mol. The number of unbranched alkanes of at least 4 members (excludes halogenated alkanes) is 28. The molecule has 0 atom stereocenters. The molecule has 0 fully saturated rings. The third-order valence-corrected chi connectivity index (χ3v) is 7.97. The summed E-state index contributed by atoms with van der Waals surface area (Å²) in [4.78, 5) is 28.8. The molecule has 0 heterocycles. The van der Waals surface area contributed by atoms with E-state index < -0.39 is 18.1 Å². The van der Waals surface area contributed by atoms with Gasteiger partial charge in [-0.25, -0.2) is 0 Å². The Hall–Kier alpha value is 0.0542. The van der Waals surface area contributed by atoms with E-state index in [2.05, 4.69) is 13.8 Å². The predicted molar refractivity (Wildman–Crippen MR) is 186 cm³/mol. The number of rotatable bonds is 32. The first-order valence-corrected chi connectivity index (χ1v) is 18.6. The minimum atomic E-state index is -2.33. The normalized spacial score (nSPS) is 9.96. The molecule has 268 valence electrons. The third kappa shape index (κ3) is 70.4. The number of carboxylic acids is 2. The van der Waals surface area contributed by atoms with Crippen LogP contribution in [0.15, 0.2) is 0 Å². The molecule has 0 aliphatic rings. The summed E-state index contributed by atoms with van der Waals surface area (Å²) in [6.45, 7) is 4.53. The molecule has 0 unspecified atom stereocenters. The van der Waals surface area contributed by atoms with Gasteiger partial charge in [-0.1, -0.05) is 194 Å². The van der Waals surface area contributed by atoms with E-state index in [0.717, 1.165) is 25.7 Å². The van der Waals surface area contributed by atoms with Crippen molar-refractivity contribution in [3.63, 3.8) is 0 Å². The molecule has 46 heavy (non-hydrogen) atoms. The van der Waals surface area contributed by atoms with Crippen molar-refractivity contribution in [3.8, 4) is 0 Å². The SMILES string of the molecule is CCCCCCCCCCCCCCCCCC(=O)[O-].CCCCCCCCCCCCCCCCCC(=O)[O-].O=C([O-])[O-].[Pb+2].[Pb+2]. The topological polar surface area (TPSA) is 143 Å². The maximum absolute atomic E-state index is 10.2. The molecule has 0 aromatic heterocycles. The van der Waals surface area contributed by atoms with Crippen LogP contribution in [0.5, 0.6) is 0 Å². The monoisotopic (exact) mass is 1040 g/mol. The smallest absolute Gasteiger partial charge is 0.652 e. The minimum absolute atomic E-state index is 0. The van der Waals surface area contributed by atoms with E-state index in [1.807, 2.05) is 0 Å². The molecule has 0 rings (SSSR count). The first kappa shape index (κ1) is 55.5. The molecule has 0 N–H and O–H groups in total. The largest absolute Gasteiger partial charge is 2.00 e. The zero-order valence-electron chi connectivity index (χ0n) is 30.0. The standard InChI is InChI=1S/2C18H36O2.CH2O3.2Pb/c2*1-2-3-4-5-6-7-8-9-10-11-12-13-14-15-16-17-18(19)20;2-1(3)4;;/h2*2-17H2,1H3,(H,19,20);(H2,2,3,4);;/q;;;2*+2/p-4. The van der Waals surface area contributed by atoms with Gasteiger partial charge in [0.05, 0.1) is 0 Å². The van der Waals surface area contributed by atoms with Crippen molar-refractivity contribution in [2.24, 2.45) is 0 Å². The molecule has 0 bridgehead atoms. The molecular weight excluding hydrogens is 971 g/mol. The summed E-state index contributed by atoms with van der Waals surface area (Å²) < 4.78 is 0. The maximum atomic E-state index is 10.2. The van der Waals surface area contributed by atoms with Crippen LogP contribution in [0.2, 0.25) is 0 Å². The van der Waals surface area contributed by atoms with Crippen molar-refractivity contribution in [3.05, 3.63) is 0 Å². The van der Waals surface area contributed by atoms with Gasteiger partial charge in [0.25, 0.3) is 0 Å². The van der Waals surface area contributed by atoms with Gasteiger partial charge in [-0.15, -0.1) is 0 Å². The van der Waals surface area contributed by atoms with Gasteiger partial charge in [0.1, 0.15) is 0 Å². The van der Waals surface area contributed by atoms with E-state index in [0.29, 0.717) is 0 Å². The number of carbonyl (C=O) groups excluding carboxylic acids is 3. The molecule has 0 saturated heterocycles. The van der Waals surface area contributed by atoms with Gasteiger partial charge in [0.2, 0.25) is 0 Å². The minimum Gasteiger partial charge on any atom is -0.652 e. The number of carboxylic acid groups (broad SMARTS) is 4. The molecule has 0 aliphatic heterocycles. The van der Waals surface area contributed by atoms with Crippen LogP contribution in [-0.2, 0) is 9.59 Å². The molecule has 0 aromatic carbocycles. The summed E-state index contributed by atoms with van der Waals surface area (Å²) in [6, 6.07) is 0. The second-order valence-electron chi connectivity index (χ2n) is 12.4. The maximum Gasteiger partial charge on any atom is 2.00 e. The van der Waals surface area contributed by atoms with Crippen LogP contribution < -0.4 is 20.4 Å². The zero-order chi connectivity index (χ0) is 33.4. The van der Waals surface area contributed by atoms with Crippen LogP contribution in [-0.4, -0.2) is 72.7 Å². The van der Waals surface area contributed by atoms with Crippen LogP contribution in [0.3, 0.4) is 0 Å². The van der Waals surface area contributed by atoms with E-state index in [1.54, 1.807) is 0 Å². The molecule has 0 aromatic rings. The van der Waals surface area contributed by atoms with E-state index >= 15 is 0 Å². The van der Waals surface area contributed by atoms with Gasteiger partial charge in [-0.3, -0.25) is 0 Å². The van der Waals surface area contributed by atoms with Crippen molar-refractivity contribution in [1.29, 1.82) is 0 Å². The van der Waals surface area contributed by atoms with Crippen molar-refractivity contribution in [1.82, 2.24) is 0 Å². The van der Waals surface area contributed by atoms with E-state index in [9.17, 15) is 19.8 Å². The molecular formula is C37H70O7Pb2.